The van der Waals surface area contributed by atoms with E-state index in [2.05, 4.69) is 10.6 Å². The first-order valence-electron chi connectivity index (χ1n) is 8.37. The lowest BCUT2D eigenvalue weighted by molar-refractivity contribution is -0.122. The number of nitrogens with one attached hydrogen (secondary N) is 2. The van der Waals surface area contributed by atoms with Crippen LogP contribution in [0.2, 0.25) is 0 Å². The first-order chi connectivity index (χ1) is 12.7. The maximum absolute atomic E-state index is 12.4. The summed E-state index contributed by atoms with van der Waals surface area (Å²) >= 11 is 0. The Bertz CT molecular complexity index is 912. The number of sulfonamides is 1. The van der Waals surface area contributed by atoms with Gasteiger partial charge in [-0.2, -0.15) is 0 Å². The Balaban J connectivity index is 2.03. The van der Waals surface area contributed by atoms with Crippen molar-refractivity contribution in [1.82, 2.24) is 14.9 Å². The second-order valence-electron chi connectivity index (χ2n) is 6.17. The molecule has 27 heavy (non-hydrogen) atoms. The van der Waals surface area contributed by atoms with Crippen molar-refractivity contribution in [3.63, 3.8) is 0 Å². The van der Waals surface area contributed by atoms with Crippen LogP contribution in [-0.4, -0.2) is 44.7 Å². The summed E-state index contributed by atoms with van der Waals surface area (Å²) in [7, 11) is -0.718. The molecule has 1 unspecified atom stereocenters. The molecule has 2 rings (SSSR count). The fourth-order valence-electron chi connectivity index (χ4n) is 2.37. The second-order valence-corrected chi connectivity index (χ2v) is 8.29. The lowest BCUT2D eigenvalue weighted by Gasteiger charge is -2.17. The summed E-state index contributed by atoms with van der Waals surface area (Å²) < 4.78 is 25.9. The molecule has 2 N–H and O–H groups in total. The zero-order valence-corrected chi connectivity index (χ0v) is 16.3. The summed E-state index contributed by atoms with van der Waals surface area (Å²) in [5.41, 5.74) is 0.931. The van der Waals surface area contributed by atoms with Gasteiger partial charge in [-0.3, -0.25) is 9.59 Å². The molecule has 0 spiro atoms. The molecule has 0 fully saturated rings. The maximum Gasteiger partial charge on any atom is 0.251 e. The van der Waals surface area contributed by atoms with Crippen LogP contribution in [0.3, 0.4) is 0 Å². The Labute approximate surface area is 159 Å². The minimum atomic E-state index is -3.62. The van der Waals surface area contributed by atoms with E-state index in [9.17, 15) is 18.0 Å². The summed E-state index contributed by atoms with van der Waals surface area (Å²) in [6.45, 7) is 1.60. The highest BCUT2D eigenvalue weighted by Crippen LogP contribution is 2.18. The van der Waals surface area contributed by atoms with Crippen molar-refractivity contribution in [3.05, 3.63) is 65.7 Å². The maximum atomic E-state index is 12.4. The van der Waals surface area contributed by atoms with Crippen LogP contribution in [0.5, 0.6) is 0 Å². The molecule has 2 amide bonds. The second kappa shape index (κ2) is 8.79. The van der Waals surface area contributed by atoms with Crippen molar-refractivity contribution in [2.24, 2.45) is 0 Å². The van der Waals surface area contributed by atoms with Gasteiger partial charge in [0.25, 0.3) is 5.91 Å². The van der Waals surface area contributed by atoms with Crippen LogP contribution < -0.4 is 10.6 Å². The predicted octanol–water partition coefficient (Wildman–Crippen LogP) is 1.37. The van der Waals surface area contributed by atoms with Gasteiger partial charge in [0.15, 0.2) is 0 Å². The molecular weight excluding hydrogens is 366 g/mol. The molecule has 2 aromatic carbocycles. The van der Waals surface area contributed by atoms with Crippen LogP contribution in [0.15, 0.2) is 59.5 Å². The number of carbonyl (C=O) groups excluding carboxylic acids is 2. The van der Waals surface area contributed by atoms with Crippen LogP contribution in [-0.2, 0) is 21.4 Å². The number of amides is 2. The van der Waals surface area contributed by atoms with E-state index in [4.69, 9.17) is 0 Å². The van der Waals surface area contributed by atoms with Crippen LogP contribution >= 0.6 is 0 Å². The molecule has 0 aromatic heterocycles. The van der Waals surface area contributed by atoms with E-state index in [1.165, 1.54) is 20.2 Å². The largest absolute Gasteiger partial charge is 0.350 e. The number of rotatable bonds is 7. The van der Waals surface area contributed by atoms with Gasteiger partial charge in [-0.25, -0.2) is 12.7 Å². The van der Waals surface area contributed by atoms with Gasteiger partial charge in [0, 0.05) is 26.2 Å². The van der Waals surface area contributed by atoms with Crippen molar-refractivity contribution in [1.29, 1.82) is 0 Å². The highest BCUT2D eigenvalue weighted by Gasteiger charge is 2.22. The van der Waals surface area contributed by atoms with Gasteiger partial charge in [-0.15, -0.1) is 0 Å². The summed E-state index contributed by atoms with van der Waals surface area (Å²) in [4.78, 5) is 24.5. The van der Waals surface area contributed by atoms with E-state index in [-0.39, 0.29) is 17.3 Å². The van der Waals surface area contributed by atoms with Crippen LogP contribution in [0.1, 0.15) is 22.8 Å². The molecular formula is C19H23N3O4S. The van der Waals surface area contributed by atoms with Gasteiger partial charge in [0.1, 0.15) is 6.04 Å². The third kappa shape index (κ3) is 5.15. The molecule has 0 radical (unpaired) electrons. The third-order valence-corrected chi connectivity index (χ3v) is 5.88. The summed E-state index contributed by atoms with van der Waals surface area (Å²) in [5, 5.41) is 5.29. The van der Waals surface area contributed by atoms with E-state index in [1.807, 2.05) is 0 Å². The fraction of sp³-hybridized carbons (Fsp3) is 0.263. The molecule has 0 saturated heterocycles. The lowest BCUT2D eigenvalue weighted by Crippen LogP contribution is -2.44. The minimum Gasteiger partial charge on any atom is -0.350 e. The minimum absolute atomic E-state index is 0.0353. The standard InChI is InChI=1S/C19H23N3O4S/c1-14(21-19(24)15-9-5-4-6-10-15)18(23)20-13-16-11-7-8-12-17(16)27(25,26)22(2)3/h4-12,14H,13H2,1-3H3,(H,20,23)(H,21,24). The Hall–Kier alpha value is -2.71. The molecule has 7 nitrogen and oxygen atoms in total. The zero-order chi connectivity index (χ0) is 20.0. The lowest BCUT2D eigenvalue weighted by atomic mass is 10.2. The summed E-state index contributed by atoms with van der Waals surface area (Å²) in [5.74, 6) is -0.759. The van der Waals surface area contributed by atoms with Crippen LogP contribution in [0.4, 0.5) is 0 Å². The molecule has 0 aliphatic heterocycles. The smallest absolute Gasteiger partial charge is 0.251 e. The number of benzene rings is 2. The summed E-state index contributed by atoms with van der Waals surface area (Å²) in [6, 6.07) is 14.3. The Morgan fingerprint density at radius 1 is 1.00 bits per heavy atom. The van der Waals surface area contributed by atoms with Gasteiger partial charge in [0.05, 0.1) is 4.90 Å². The number of hydrogen-bond acceptors (Lipinski definition) is 4. The topological polar surface area (TPSA) is 95.6 Å². The van der Waals surface area contributed by atoms with Crippen molar-refractivity contribution < 1.29 is 18.0 Å². The zero-order valence-electron chi connectivity index (χ0n) is 15.5. The average Bonchev–Trinajstić information content (AvgIpc) is 2.66. The number of carbonyl (C=O) groups is 2. The normalized spacial score (nSPS) is 12.4. The number of nitrogens with zero attached hydrogens (tertiary/aromatic N) is 1. The predicted molar refractivity (Wildman–Crippen MR) is 103 cm³/mol. The van der Waals surface area contributed by atoms with Crippen molar-refractivity contribution in [3.8, 4) is 0 Å². The van der Waals surface area contributed by atoms with E-state index < -0.39 is 22.0 Å². The van der Waals surface area contributed by atoms with E-state index in [1.54, 1.807) is 55.5 Å². The van der Waals surface area contributed by atoms with E-state index in [0.717, 1.165) is 4.31 Å². The third-order valence-electron chi connectivity index (χ3n) is 3.96. The van der Waals surface area contributed by atoms with Gasteiger partial charge < -0.3 is 10.6 Å². The molecule has 1 atom stereocenters. The number of hydrogen-bond donors (Lipinski definition) is 2. The highest BCUT2D eigenvalue weighted by molar-refractivity contribution is 7.89. The molecule has 2 aromatic rings. The molecule has 0 saturated carbocycles. The van der Waals surface area contributed by atoms with E-state index in [0.29, 0.717) is 11.1 Å². The van der Waals surface area contributed by atoms with Crippen molar-refractivity contribution >= 4 is 21.8 Å². The first kappa shape index (κ1) is 20.6. The molecule has 0 heterocycles. The summed E-state index contributed by atoms with van der Waals surface area (Å²) in [6.07, 6.45) is 0. The van der Waals surface area contributed by atoms with E-state index >= 15 is 0 Å². The fourth-order valence-corrected chi connectivity index (χ4v) is 3.48. The van der Waals surface area contributed by atoms with Gasteiger partial charge in [-0.1, -0.05) is 36.4 Å². The molecule has 8 heteroatoms. The van der Waals surface area contributed by atoms with Crippen LogP contribution in [0, 0.1) is 0 Å². The average molecular weight is 389 g/mol. The Morgan fingerprint density at radius 2 is 1.59 bits per heavy atom. The Kier molecular flexibility index (Phi) is 6.70. The SMILES string of the molecule is CC(NC(=O)c1ccccc1)C(=O)NCc1ccccc1S(=O)(=O)N(C)C. The van der Waals surface area contributed by atoms with Gasteiger partial charge in [-0.05, 0) is 30.7 Å². The molecule has 144 valence electrons. The van der Waals surface area contributed by atoms with Crippen molar-refractivity contribution in [2.45, 2.75) is 24.4 Å². The first-order valence-corrected chi connectivity index (χ1v) is 9.81. The van der Waals surface area contributed by atoms with Gasteiger partial charge >= 0.3 is 0 Å². The van der Waals surface area contributed by atoms with Gasteiger partial charge in [0.2, 0.25) is 15.9 Å². The monoisotopic (exact) mass is 389 g/mol. The molecule has 0 aliphatic carbocycles. The quantitative estimate of drug-likeness (QED) is 0.748. The van der Waals surface area contributed by atoms with Crippen molar-refractivity contribution in [2.75, 3.05) is 14.1 Å². The highest BCUT2D eigenvalue weighted by atomic mass is 32.2. The Morgan fingerprint density at radius 3 is 2.22 bits per heavy atom. The molecule has 0 bridgehead atoms. The molecule has 0 aliphatic rings. The van der Waals surface area contributed by atoms with Crippen LogP contribution in [0.25, 0.3) is 0 Å².